The molecule has 0 aliphatic heterocycles. The molecule has 0 spiro atoms. The second-order valence-corrected chi connectivity index (χ2v) is 6.62. The molecule has 1 atom stereocenters. The average Bonchev–Trinajstić information content (AvgIpc) is 2.82. The molecule has 1 aliphatic carbocycles. The first-order valence-electron chi connectivity index (χ1n) is 6.10. The average molecular weight is 272 g/mol. The number of hydrogen-bond acceptors (Lipinski definition) is 2. The molecule has 1 aliphatic rings. The van der Waals surface area contributed by atoms with E-state index in [2.05, 4.69) is 0 Å². The Morgan fingerprint density at radius 3 is 2.76 bits per heavy atom. The van der Waals surface area contributed by atoms with Crippen LogP contribution < -0.4 is 5.73 Å². The van der Waals surface area contributed by atoms with Gasteiger partial charge in [-0.1, -0.05) is 37.3 Å². The molecule has 0 heterocycles. The molecule has 0 aromatic heterocycles. The van der Waals surface area contributed by atoms with Crippen LogP contribution in [0.4, 0.5) is 5.69 Å². The van der Waals surface area contributed by atoms with Crippen LogP contribution in [-0.2, 0) is 10.8 Å². The van der Waals surface area contributed by atoms with Gasteiger partial charge < -0.3 is 5.73 Å². The minimum Gasteiger partial charge on any atom is -0.399 e. The van der Waals surface area contributed by atoms with Crippen LogP contribution in [0.2, 0.25) is 5.02 Å². The highest BCUT2D eigenvalue weighted by atomic mass is 35.5. The monoisotopic (exact) mass is 271 g/mol. The summed E-state index contributed by atoms with van der Waals surface area (Å²) in [5.41, 5.74) is 6.31. The highest BCUT2D eigenvalue weighted by Gasteiger charge is 2.17. The Bertz CT molecular complexity index is 416. The molecule has 2 N–H and O–H groups in total. The van der Waals surface area contributed by atoms with E-state index in [1.807, 2.05) is 0 Å². The van der Waals surface area contributed by atoms with Crippen molar-refractivity contribution in [3.05, 3.63) is 23.2 Å². The second kappa shape index (κ2) is 5.87. The molecule has 0 bridgehead atoms. The van der Waals surface area contributed by atoms with E-state index in [1.165, 1.54) is 25.7 Å². The van der Waals surface area contributed by atoms with Crippen molar-refractivity contribution in [2.75, 3.05) is 11.5 Å². The molecule has 1 aromatic carbocycles. The zero-order chi connectivity index (χ0) is 12.3. The van der Waals surface area contributed by atoms with E-state index in [-0.39, 0.29) is 0 Å². The van der Waals surface area contributed by atoms with Gasteiger partial charge in [-0.25, -0.2) is 0 Å². The molecule has 1 aromatic rings. The number of nitrogen functional groups attached to an aromatic ring is 1. The quantitative estimate of drug-likeness (QED) is 0.850. The van der Waals surface area contributed by atoms with E-state index >= 15 is 0 Å². The summed E-state index contributed by atoms with van der Waals surface area (Å²) in [5, 5.41) is 0.559. The van der Waals surface area contributed by atoms with Gasteiger partial charge in [-0.15, -0.1) is 0 Å². The molecule has 1 saturated carbocycles. The molecule has 94 valence electrons. The molecular weight excluding hydrogens is 254 g/mol. The van der Waals surface area contributed by atoms with Gasteiger partial charge in [0.25, 0.3) is 0 Å². The van der Waals surface area contributed by atoms with Gasteiger partial charge in [0, 0.05) is 11.4 Å². The lowest BCUT2D eigenvalue weighted by Gasteiger charge is -2.09. The summed E-state index contributed by atoms with van der Waals surface area (Å²) >= 11 is 6.04. The molecule has 2 nitrogen and oxygen atoms in total. The predicted octanol–water partition coefficient (Wildman–Crippen LogP) is 3.61. The van der Waals surface area contributed by atoms with Crippen LogP contribution in [0.15, 0.2) is 23.1 Å². The minimum atomic E-state index is -1.01. The normalized spacial score (nSPS) is 18.4. The lowest BCUT2D eigenvalue weighted by molar-refractivity contribution is 0.531. The van der Waals surface area contributed by atoms with E-state index < -0.39 is 10.8 Å². The Balaban J connectivity index is 1.96. The summed E-state index contributed by atoms with van der Waals surface area (Å²) < 4.78 is 12.1. The smallest absolute Gasteiger partial charge is 0.0594 e. The van der Waals surface area contributed by atoms with Crippen molar-refractivity contribution in [2.45, 2.75) is 37.0 Å². The molecule has 1 unspecified atom stereocenters. The van der Waals surface area contributed by atoms with Gasteiger partial charge in [-0.2, -0.15) is 0 Å². The lowest BCUT2D eigenvalue weighted by atomic mass is 10.1. The number of rotatable bonds is 4. The highest BCUT2D eigenvalue weighted by Crippen LogP contribution is 2.29. The Hall–Kier alpha value is -0.540. The fourth-order valence-corrected chi connectivity index (χ4v) is 4.07. The largest absolute Gasteiger partial charge is 0.399 e. The van der Waals surface area contributed by atoms with Crippen LogP contribution >= 0.6 is 11.6 Å². The molecular formula is C13H18ClNOS. The van der Waals surface area contributed by atoms with Crippen LogP contribution in [0.1, 0.15) is 32.1 Å². The topological polar surface area (TPSA) is 43.1 Å². The van der Waals surface area contributed by atoms with E-state index in [4.69, 9.17) is 17.3 Å². The van der Waals surface area contributed by atoms with Gasteiger partial charge in [0.2, 0.25) is 0 Å². The number of hydrogen-bond donors (Lipinski definition) is 1. The molecule has 0 amide bonds. The summed E-state index contributed by atoms with van der Waals surface area (Å²) in [4.78, 5) is 0.685. The first-order valence-corrected chi connectivity index (χ1v) is 7.80. The molecule has 0 saturated heterocycles. The molecule has 1 fully saturated rings. The minimum absolute atomic E-state index is 0.559. The highest BCUT2D eigenvalue weighted by molar-refractivity contribution is 7.85. The second-order valence-electron chi connectivity index (χ2n) is 4.68. The van der Waals surface area contributed by atoms with Crippen LogP contribution in [-0.4, -0.2) is 9.96 Å². The Labute approximate surface area is 110 Å². The van der Waals surface area contributed by atoms with Crippen molar-refractivity contribution in [1.29, 1.82) is 0 Å². The van der Waals surface area contributed by atoms with Crippen molar-refractivity contribution in [3.8, 4) is 0 Å². The maximum Gasteiger partial charge on any atom is 0.0594 e. The fourth-order valence-electron chi connectivity index (χ4n) is 2.38. The van der Waals surface area contributed by atoms with Gasteiger partial charge in [0.1, 0.15) is 0 Å². The van der Waals surface area contributed by atoms with E-state index in [0.717, 1.165) is 12.3 Å². The third-order valence-corrected chi connectivity index (χ3v) is 5.26. The Morgan fingerprint density at radius 1 is 1.35 bits per heavy atom. The van der Waals surface area contributed by atoms with Gasteiger partial charge in [-0.05, 0) is 30.5 Å². The third-order valence-electron chi connectivity index (χ3n) is 3.39. The number of benzene rings is 1. The van der Waals surface area contributed by atoms with Crippen LogP contribution in [0, 0.1) is 5.92 Å². The van der Waals surface area contributed by atoms with E-state index in [0.29, 0.717) is 21.4 Å². The lowest BCUT2D eigenvalue weighted by Crippen LogP contribution is -2.05. The standard InChI is InChI=1S/C13H18ClNOS/c14-12-6-5-11(15)9-13(12)17(16)8-7-10-3-1-2-4-10/h5-6,9-10H,1-4,7-8,15H2. The van der Waals surface area contributed by atoms with Gasteiger partial charge in [0.05, 0.1) is 20.7 Å². The summed E-state index contributed by atoms with van der Waals surface area (Å²) in [5.74, 6) is 1.46. The first kappa shape index (κ1) is 12.9. The van der Waals surface area contributed by atoms with E-state index in [1.54, 1.807) is 18.2 Å². The Kier molecular flexibility index (Phi) is 4.46. The van der Waals surface area contributed by atoms with Crippen molar-refractivity contribution in [2.24, 2.45) is 5.92 Å². The maximum absolute atomic E-state index is 12.1. The van der Waals surface area contributed by atoms with Crippen molar-refractivity contribution in [3.63, 3.8) is 0 Å². The third kappa shape index (κ3) is 3.46. The molecule has 17 heavy (non-hydrogen) atoms. The van der Waals surface area contributed by atoms with Crippen LogP contribution in [0.5, 0.6) is 0 Å². The van der Waals surface area contributed by atoms with E-state index in [9.17, 15) is 4.21 Å². The number of nitrogens with two attached hydrogens (primary N) is 1. The summed E-state index contributed by atoms with van der Waals surface area (Å²) in [6.45, 7) is 0. The molecule has 2 rings (SSSR count). The van der Waals surface area contributed by atoms with Crippen molar-refractivity contribution < 1.29 is 4.21 Å². The summed E-state index contributed by atoms with van der Waals surface area (Å²) in [6, 6.07) is 5.19. The fraction of sp³-hybridized carbons (Fsp3) is 0.538. The number of anilines is 1. The summed E-state index contributed by atoms with van der Waals surface area (Å²) in [7, 11) is -1.01. The number of halogens is 1. The van der Waals surface area contributed by atoms with Gasteiger partial charge >= 0.3 is 0 Å². The zero-order valence-electron chi connectivity index (χ0n) is 9.82. The van der Waals surface area contributed by atoms with Gasteiger partial charge in [-0.3, -0.25) is 4.21 Å². The molecule has 4 heteroatoms. The van der Waals surface area contributed by atoms with Crippen LogP contribution in [0.25, 0.3) is 0 Å². The van der Waals surface area contributed by atoms with Crippen molar-refractivity contribution in [1.82, 2.24) is 0 Å². The first-order chi connectivity index (χ1) is 8.16. The zero-order valence-corrected chi connectivity index (χ0v) is 11.4. The van der Waals surface area contributed by atoms with Crippen molar-refractivity contribution >= 4 is 28.1 Å². The van der Waals surface area contributed by atoms with Crippen LogP contribution in [0.3, 0.4) is 0 Å². The molecule has 0 radical (unpaired) electrons. The summed E-state index contributed by atoms with van der Waals surface area (Å²) in [6.07, 6.45) is 6.29. The maximum atomic E-state index is 12.1. The van der Waals surface area contributed by atoms with Gasteiger partial charge in [0.15, 0.2) is 0 Å². The Morgan fingerprint density at radius 2 is 2.06 bits per heavy atom. The predicted molar refractivity (Wildman–Crippen MR) is 73.7 cm³/mol. The SMILES string of the molecule is Nc1ccc(Cl)c(S(=O)CCC2CCCC2)c1.